The van der Waals surface area contributed by atoms with Gasteiger partial charge in [0, 0.05) is 12.5 Å². The van der Waals surface area contributed by atoms with E-state index in [9.17, 15) is 5.11 Å². The molecule has 1 atom stereocenters. The van der Waals surface area contributed by atoms with Crippen molar-refractivity contribution in [3.63, 3.8) is 0 Å². The van der Waals surface area contributed by atoms with Crippen LogP contribution in [0, 0.1) is 6.92 Å². The lowest BCUT2D eigenvalue weighted by Crippen LogP contribution is -2.19. The molecule has 0 heterocycles. The lowest BCUT2D eigenvalue weighted by atomic mass is 9.89. The first-order chi connectivity index (χ1) is 9.20. The molecule has 0 saturated carbocycles. The molecular weight excluding hydrogens is 234 g/mol. The van der Waals surface area contributed by atoms with Crippen molar-refractivity contribution in [1.29, 1.82) is 0 Å². The van der Waals surface area contributed by atoms with Crippen molar-refractivity contribution >= 4 is 0 Å². The summed E-state index contributed by atoms with van der Waals surface area (Å²) in [5.41, 5.74) is 3.98. The van der Waals surface area contributed by atoms with E-state index < -0.39 is 0 Å². The molecule has 100 valence electrons. The quantitative estimate of drug-likeness (QED) is 0.859. The Morgan fingerprint density at radius 2 is 1.74 bits per heavy atom. The molecule has 0 aliphatic heterocycles. The van der Waals surface area contributed by atoms with Gasteiger partial charge in [0.15, 0.2) is 0 Å². The molecule has 0 fully saturated rings. The predicted octanol–water partition coefficient (Wildman–Crippen LogP) is 3.25. The van der Waals surface area contributed by atoms with Gasteiger partial charge in [-0.05, 0) is 49.2 Å². The van der Waals surface area contributed by atoms with Gasteiger partial charge in [0.05, 0.1) is 0 Å². The first kappa shape index (κ1) is 13.6. The van der Waals surface area contributed by atoms with E-state index in [0.29, 0.717) is 11.7 Å². The highest BCUT2D eigenvalue weighted by Gasteiger charge is 2.13. The maximum atomic E-state index is 9.34. The van der Waals surface area contributed by atoms with Gasteiger partial charge in [0.1, 0.15) is 5.75 Å². The van der Waals surface area contributed by atoms with E-state index in [2.05, 4.69) is 36.5 Å². The fraction of sp³-hybridized carbons (Fsp3) is 0.294. The Bertz CT molecular complexity index is 519. The number of phenols is 1. The van der Waals surface area contributed by atoms with Crippen LogP contribution in [0.4, 0.5) is 0 Å². The fourth-order valence-corrected chi connectivity index (χ4v) is 2.50. The monoisotopic (exact) mass is 255 g/mol. The number of nitrogens with one attached hydrogen (secondary N) is 1. The zero-order chi connectivity index (χ0) is 13.7. The number of hydrogen-bond acceptors (Lipinski definition) is 2. The summed E-state index contributed by atoms with van der Waals surface area (Å²) in [6, 6.07) is 16.0. The Morgan fingerprint density at radius 1 is 1.05 bits per heavy atom. The summed E-state index contributed by atoms with van der Waals surface area (Å²) < 4.78 is 0. The molecule has 0 radical (unpaired) electrons. The van der Waals surface area contributed by atoms with Crippen LogP contribution in [0.15, 0.2) is 48.5 Å². The second-order valence-electron chi connectivity index (χ2n) is 4.98. The van der Waals surface area contributed by atoms with Gasteiger partial charge < -0.3 is 10.4 Å². The third-order valence-electron chi connectivity index (χ3n) is 3.50. The lowest BCUT2D eigenvalue weighted by molar-refractivity contribution is 0.475. The third-order valence-corrected chi connectivity index (χ3v) is 3.50. The second-order valence-corrected chi connectivity index (χ2v) is 4.98. The highest BCUT2D eigenvalue weighted by atomic mass is 16.3. The first-order valence-electron chi connectivity index (χ1n) is 6.68. The summed E-state index contributed by atoms with van der Waals surface area (Å²) >= 11 is 0. The van der Waals surface area contributed by atoms with E-state index in [1.54, 1.807) is 12.1 Å². The van der Waals surface area contributed by atoms with Crippen LogP contribution < -0.4 is 5.32 Å². The van der Waals surface area contributed by atoms with Crippen LogP contribution in [0.25, 0.3) is 0 Å². The van der Waals surface area contributed by atoms with Crippen LogP contribution in [0.3, 0.4) is 0 Å². The van der Waals surface area contributed by atoms with Gasteiger partial charge in [-0.15, -0.1) is 0 Å². The van der Waals surface area contributed by atoms with Crippen molar-refractivity contribution in [3.8, 4) is 5.75 Å². The summed E-state index contributed by atoms with van der Waals surface area (Å²) in [4.78, 5) is 0. The van der Waals surface area contributed by atoms with Crippen LogP contribution >= 0.6 is 0 Å². The predicted molar refractivity (Wildman–Crippen MR) is 79.7 cm³/mol. The Morgan fingerprint density at radius 3 is 2.37 bits per heavy atom. The summed E-state index contributed by atoms with van der Waals surface area (Å²) in [6.45, 7) is 3.11. The summed E-state index contributed by atoms with van der Waals surface area (Å²) in [7, 11) is 1.99. The number of hydrogen-bond donors (Lipinski definition) is 2. The summed E-state index contributed by atoms with van der Waals surface area (Å²) in [5.74, 6) is 0.778. The van der Waals surface area contributed by atoms with Crippen molar-refractivity contribution in [2.24, 2.45) is 0 Å². The number of aryl methyl sites for hydroxylation is 1. The van der Waals surface area contributed by atoms with Crippen molar-refractivity contribution in [2.75, 3.05) is 13.6 Å². The molecule has 1 unspecified atom stereocenters. The van der Waals surface area contributed by atoms with E-state index in [0.717, 1.165) is 13.0 Å². The number of likely N-dealkylation sites (N-methyl/N-ethyl adjacent to an activating group) is 1. The Hall–Kier alpha value is -1.80. The average molecular weight is 255 g/mol. The van der Waals surface area contributed by atoms with E-state index >= 15 is 0 Å². The minimum absolute atomic E-state index is 0.324. The number of phenolic OH excluding ortho intramolecular Hbond substituents is 1. The highest BCUT2D eigenvalue weighted by molar-refractivity contribution is 5.33. The summed E-state index contributed by atoms with van der Waals surface area (Å²) in [6.07, 6.45) is 0.978. The Kier molecular flexibility index (Phi) is 4.58. The van der Waals surface area contributed by atoms with E-state index in [1.807, 2.05) is 19.2 Å². The molecule has 19 heavy (non-hydrogen) atoms. The van der Waals surface area contributed by atoms with Crippen LogP contribution in [0.5, 0.6) is 5.75 Å². The zero-order valence-electron chi connectivity index (χ0n) is 11.6. The third kappa shape index (κ3) is 3.58. The molecule has 2 aromatic rings. The smallest absolute Gasteiger partial charge is 0.115 e. The fourth-order valence-electron chi connectivity index (χ4n) is 2.50. The van der Waals surface area contributed by atoms with Gasteiger partial charge >= 0.3 is 0 Å². The van der Waals surface area contributed by atoms with Crippen LogP contribution in [0.1, 0.15) is 22.6 Å². The minimum Gasteiger partial charge on any atom is -0.508 e. The van der Waals surface area contributed by atoms with Crippen molar-refractivity contribution in [3.05, 3.63) is 65.2 Å². The first-order valence-corrected chi connectivity index (χ1v) is 6.68. The molecule has 0 aromatic heterocycles. The summed E-state index contributed by atoms with van der Waals surface area (Å²) in [5, 5.41) is 12.6. The maximum absolute atomic E-state index is 9.34. The van der Waals surface area contributed by atoms with E-state index in [4.69, 9.17) is 0 Å². The molecule has 0 aliphatic carbocycles. The topological polar surface area (TPSA) is 32.3 Å². The number of rotatable bonds is 5. The zero-order valence-corrected chi connectivity index (χ0v) is 11.6. The molecule has 2 rings (SSSR count). The Labute approximate surface area is 115 Å². The van der Waals surface area contributed by atoms with Crippen LogP contribution in [0.2, 0.25) is 0 Å². The van der Waals surface area contributed by atoms with Gasteiger partial charge in [-0.2, -0.15) is 0 Å². The Balaban J connectivity index is 2.21. The van der Waals surface area contributed by atoms with Gasteiger partial charge in [-0.1, -0.05) is 36.4 Å². The molecular formula is C17H21NO. The molecule has 2 aromatic carbocycles. The minimum atomic E-state index is 0.324. The maximum Gasteiger partial charge on any atom is 0.115 e. The SMILES string of the molecule is CNCC(Cc1ccc(O)cc1)c1ccccc1C. The van der Waals surface area contributed by atoms with Crippen LogP contribution in [-0.2, 0) is 6.42 Å². The standard InChI is InChI=1S/C17H21NO/c1-13-5-3-4-6-17(13)15(12-18-2)11-14-7-9-16(19)10-8-14/h3-10,15,18-19H,11-12H2,1-2H3. The van der Waals surface area contributed by atoms with Crippen molar-refractivity contribution in [1.82, 2.24) is 5.32 Å². The average Bonchev–Trinajstić information content (AvgIpc) is 2.41. The van der Waals surface area contributed by atoms with Gasteiger partial charge in [0.25, 0.3) is 0 Å². The van der Waals surface area contributed by atoms with Crippen molar-refractivity contribution < 1.29 is 5.11 Å². The van der Waals surface area contributed by atoms with Gasteiger partial charge in [-0.25, -0.2) is 0 Å². The normalized spacial score (nSPS) is 12.3. The largest absolute Gasteiger partial charge is 0.508 e. The van der Waals surface area contributed by atoms with Crippen LogP contribution in [-0.4, -0.2) is 18.7 Å². The van der Waals surface area contributed by atoms with E-state index in [1.165, 1.54) is 16.7 Å². The highest BCUT2D eigenvalue weighted by Crippen LogP contribution is 2.24. The molecule has 2 nitrogen and oxygen atoms in total. The molecule has 0 amide bonds. The second kappa shape index (κ2) is 6.39. The molecule has 0 spiro atoms. The molecule has 0 bridgehead atoms. The number of aromatic hydroxyl groups is 1. The van der Waals surface area contributed by atoms with Crippen molar-refractivity contribution in [2.45, 2.75) is 19.3 Å². The van der Waals surface area contributed by atoms with E-state index in [-0.39, 0.29) is 0 Å². The molecule has 2 N–H and O–H groups in total. The van der Waals surface area contributed by atoms with Gasteiger partial charge in [0.2, 0.25) is 0 Å². The lowest BCUT2D eigenvalue weighted by Gasteiger charge is -2.19. The molecule has 0 aliphatic rings. The molecule has 0 saturated heterocycles. The van der Waals surface area contributed by atoms with Gasteiger partial charge in [-0.3, -0.25) is 0 Å². The number of benzene rings is 2. The molecule has 2 heteroatoms.